The van der Waals surface area contributed by atoms with Gasteiger partial charge in [0.2, 0.25) is 5.91 Å². The number of carbonyl (C=O) groups excluding carboxylic acids is 1. The maximum Gasteiger partial charge on any atom is 0.239 e. The first-order valence-corrected chi connectivity index (χ1v) is 9.23. The molecule has 0 aliphatic rings. The van der Waals surface area contributed by atoms with E-state index in [-0.39, 0.29) is 12.5 Å². The molecule has 0 bridgehead atoms. The third-order valence-corrected chi connectivity index (χ3v) is 3.58. The standard InChI is InChI=1S/C19H32N4O4/c1-5-26-16-8-7-15(13-17(16)27-6-2)9-10-22-19(20-3)23-14-18(24)21-11-12-25-4/h7-8,13H,5-6,9-12,14H2,1-4H3,(H,21,24)(H2,20,22,23). The minimum atomic E-state index is -0.108. The summed E-state index contributed by atoms with van der Waals surface area (Å²) >= 11 is 0. The Bertz CT molecular complexity index is 593. The molecule has 1 rings (SSSR count). The van der Waals surface area contributed by atoms with Crippen LogP contribution in [0.5, 0.6) is 11.5 Å². The lowest BCUT2D eigenvalue weighted by molar-refractivity contribution is -0.120. The van der Waals surface area contributed by atoms with Crippen LogP contribution in [-0.2, 0) is 16.0 Å². The second-order valence-electron chi connectivity index (χ2n) is 5.59. The van der Waals surface area contributed by atoms with Crippen LogP contribution in [0.25, 0.3) is 0 Å². The second kappa shape index (κ2) is 13.7. The molecular weight excluding hydrogens is 348 g/mol. The molecule has 1 amide bonds. The van der Waals surface area contributed by atoms with E-state index >= 15 is 0 Å². The highest BCUT2D eigenvalue weighted by Gasteiger charge is 2.07. The molecule has 0 spiro atoms. The molecule has 0 aromatic heterocycles. The molecule has 0 saturated heterocycles. The number of hydrogen-bond donors (Lipinski definition) is 3. The van der Waals surface area contributed by atoms with Gasteiger partial charge in [0, 0.05) is 27.2 Å². The van der Waals surface area contributed by atoms with Crippen molar-refractivity contribution in [3.05, 3.63) is 23.8 Å². The molecule has 8 heteroatoms. The van der Waals surface area contributed by atoms with Gasteiger partial charge in [-0.3, -0.25) is 9.79 Å². The molecule has 1 aromatic rings. The Hall–Kier alpha value is -2.48. The molecule has 0 fully saturated rings. The zero-order valence-corrected chi connectivity index (χ0v) is 16.8. The number of ether oxygens (including phenoxy) is 3. The number of aliphatic imine (C=N–C) groups is 1. The van der Waals surface area contributed by atoms with Crippen LogP contribution >= 0.6 is 0 Å². The molecule has 0 unspecified atom stereocenters. The summed E-state index contributed by atoms with van der Waals surface area (Å²) in [7, 11) is 3.26. The van der Waals surface area contributed by atoms with Crippen LogP contribution in [0.15, 0.2) is 23.2 Å². The summed E-state index contributed by atoms with van der Waals surface area (Å²) in [5, 5.41) is 8.92. The molecule has 0 saturated carbocycles. The van der Waals surface area contributed by atoms with Crippen molar-refractivity contribution in [1.82, 2.24) is 16.0 Å². The van der Waals surface area contributed by atoms with Crippen LogP contribution in [0.4, 0.5) is 0 Å². The van der Waals surface area contributed by atoms with Gasteiger partial charge in [-0.15, -0.1) is 0 Å². The number of methoxy groups -OCH3 is 1. The smallest absolute Gasteiger partial charge is 0.239 e. The van der Waals surface area contributed by atoms with E-state index in [1.165, 1.54) is 0 Å². The van der Waals surface area contributed by atoms with Crippen molar-refractivity contribution in [3.8, 4) is 11.5 Å². The van der Waals surface area contributed by atoms with E-state index in [0.29, 0.717) is 38.9 Å². The van der Waals surface area contributed by atoms with Gasteiger partial charge in [0.05, 0.1) is 26.4 Å². The molecule has 0 atom stereocenters. The highest BCUT2D eigenvalue weighted by atomic mass is 16.5. The Kier molecular flexibility index (Phi) is 11.4. The minimum Gasteiger partial charge on any atom is -0.490 e. The van der Waals surface area contributed by atoms with Crippen LogP contribution < -0.4 is 25.4 Å². The highest BCUT2D eigenvalue weighted by molar-refractivity contribution is 5.86. The lowest BCUT2D eigenvalue weighted by Crippen LogP contribution is -2.44. The molecule has 3 N–H and O–H groups in total. The Morgan fingerprint density at radius 3 is 2.44 bits per heavy atom. The molecule has 0 aliphatic carbocycles. The van der Waals surface area contributed by atoms with Crippen molar-refractivity contribution in [3.63, 3.8) is 0 Å². The van der Waals surface area contributed by atoms with Gasteiger partial charge in [0.15, 0.2) is 17.5 Å². The summed E-state index contributed by atoms with van der Waals surface area (Å²) in [6.07, 6.45) is 0.785. The third kappa shape index (κ3) is 9.14. The number of rotatable bonds is 12. The van der Waals surface area contributed by atoms with Gasteiger partial charge >= 0.3 is 0 Å². The van der Waals surface area contributed by atoms with Gasteiger partial charge in [-0.2, -0.15) is 0 Å². The molecule has 27 heavy (non-hydrogen) atoms. The number of nitrogens with one attached hydrogen (secondary N) is 3. The van der Waals surface area contributed by atoms with Crippen molar-refractivity contribution >= 4 is 11.9 Å². The first-order valence-electron chi connectivity index (χ1n) is 9.23. The molecule has 8 nitrogen and oxygen atoms in total. The van der Waals surface area contributed by atoms with Crippen molar-refractivity contribution in [1.29, 1.82) is 0 Å². The monoisotopic (exact) mass is 380 g/mol. The highest BCUT2D eigenvalue weighted by Crippen LogP contribution is 2.28. The molecular formula is C19H32N4O4. The second-order valence-corrected chi connectivity index (χ2v) is 5.59. The van der Waals surface area contributed by atoms with Gasteiger partial charge in [-0.1, -0.05) is 6.07 Å². The van der Waals surface area contributed by atoms with E-state index in [1.54, 1.807) is 14.2 Å². The SMILES string of the molecule is CCOc1ccc(CCNC(=NC)NCC(=O)NCCOC)cc1OCC. The molecule has 152 valence electrons. The van der Waals surface area contributed by atoms with Crippen LogP contribution in [0.2, 0.25) is 0 Å². The van der Waals surface area contributed by atoms with Crippen molar-refractivity contribution in [2.75, 3.05) is 53.6 Å². The van der Waals surface area contributed by atoms with Gasteiger partial charge in [-0.25, -0.2) is 0 Å². The summed E-state index contributed by atoms with van der Waals surface area (Å²) in [6, 6.07) is 5.95. The Labute approximate surface area is 161 Å². The first-order chi connectivity index (χ1) is 13.1. The van der Waals surface area contributed by atoms with Crippen molar-refractivity contribution < 1.29 is 19.0 Å². The van der Waals surface area contributed by atoms with E-state index in [4.69, 9.17) is 14.2 Å². The number of benzene rings is 1. The first kappa shape index (κ1) is 22.6. The Morgan fingerprint density at radius 2 is 1.78 bits per heavy atom. The molecule has 0 radical (unpaired) electrons. The Morgan fingerprint density at radius 1 is 1.04 bits per heavy atom. The number of carbonyl (C=O) groups is 1. The summed E-state index contributed by atoms with van der Waals surface area (Å²) in [5.41, 5.74) is 1.13. The van der Waals surface area contributed by atoms with E-state index < -0.39 is 0 Å². The van der Waals surface area contributed by atoms with Crippen LogP contribution in [-0.4, -0.2) is 65.5 Å². The molecule has 0 aliphatic heterocycles. The van der Waals surface area contributed by atoms with Crippen molar-refractivity contribution in [2.45, 2.75) is 20.3 Å². The predicted molar refractivity (Wildman–Crippen MR) is 107 cm³/mol. The lowest BCUT2D eigenvalue weighted by atomic mass is 10.1. The van der Waals surface area contributed by atoms with E-state index in [1.807, 2.05) is 32.0 Å². The summed E-state index contributed by atoms with van der Waals surface area (Å²) in [5.74, 6) is 1.98. The number of amides is 1. The van der Waals surface area contributed by atoms with E-state index in [9.17, 15) is 4.79 Å². The minimum absolute atomic E-state index is 0.108. The Balaban J connectivity index is 2.43. The van der Waals surface area contributed by atoms with Gasteiger partial charge in [-0.05, 0) is 38.0 Å². The van der Waals surface area contributed by atoms with Crippen LogP contribution in [0, 0.1) is 0 Å². The van der Waals surface area contributed by atoms with E-state index in [0.717, 1.165) is 23.5 Å². The van der Waals surface area contributed by atoms with Crippen molar-refractivity contribution in [2.24, 2.45) is 4.99 Å². The fraction of sp³-hybridized carbons (Fsp3) is 0.579. The van der Waals surface area contributed by atoms with Gasteiger partial charge < -0.3 is 30.2 Å². The van der Waals surface area contributed by atoms with Crippen LogP contribution in [0.1, 0.15) is 19.4 Å². The average molecular weight is 380 g/mol. The van der Waals surface area contributed by atoms with Gasteiger partial charge in [0.25, 0.3) is 0 Å². The van der Waals surface area contributed by atoms with Gasteiger partial charge in [0.1, 0.15) is 0 Å². The quantitative estimate of drug-likeness (QED) is 0.284. The third-order valence-electron chi connectivity index (χ3n) is 3.58. The normalized spacial score (nSPS) is 11.0. The fourth-order valence-electron chi connectivity index (χ4n) is 2.32. The largest absolute Gasteiger partial charge is 0.490 e. The fourth-order valence-corrected chi connectivity index (χ4v) is 2.32. The number of nitrogens with zero attached hydrogens (tertiary/aromatic N) is 1. The summed E-state index contributed by atoms with van der Waals surface area (Å²) in [6.45, 7) is 6.89. The summed E-state index contributed by atoms with van der Waals surface area (Å²) < 4.78 is 16.1. The maximum absolute atomic E-state index is 11.7. The summed E-state index contributed by atoms with van der Waals surface area (Å²) in [4.78, 5) is 15.8. The number of hydrogen-bond acceptors (Lipinski definition) is 5. The average Bonchev–Trinajstić information content (AvgIpc) is 2.67. The zero-order valence-electron chi connectivity index (χ0n) is 16.8. The number of guanidine groups is 1. The topological polar surface area (TPSA) is 93.2 Å². The zero-order chi connectivity index (χ0) is 19.9. The predicted octanol–water partition coefficient (Wildman–Crippen LogP) is 0.954. The molecule has 1 aromatic carbocycles. The van der Waals surface area contributed by atoms with E-state index in [2.05, 4.69) is 20.9 Å². The maximum atomic E-state index is 11.7. The lowest BCUT2D eigenvalue weighted by Gasteiger charge is -2.14. The van der Waals surface area contributed by atoms with Crippen LogP contribution in [0.3, 0.4) is 0 Å². The molecule has 0 heterocycles.